The molecule has 6 heterocycles. The fraction of sp³-hybridized carbons (Fsp3) is 0.393. The number of H-pyrrole nitrogens is 1. The Morgan fingerprint density at radius 3 is 2.63 bits per heavy atom. The number of piperazine rings is 1. The van der Waals surface area contributed by atoms with E-state index < -0.39 is 0 Å². The molecule has 5 aromatic rings. The number of ether oxygens (including phenoxy) is 1. The van der Waals surface area contributed by atoms with Crippen LogP contribution in [0.1, 0.15) is 5.56 Å². The molecule has 10 nitrogen and oxygen atoms in total. The minimum Gasteiger partial charge on any atom is -0.432 e. The van der Waals surface area contributed by atoms with Crippen molar-refractivity contribution >= 4 is 38.9 Å². The Hall–Kier alpha value is -3.57. The standard InChI is InChI=1S/C28H31N7O3/c36-13-10-33-6-8-34(9-7-33)18-19-16-22-24-25(38-28(22)30-17-19)27(35-11-14-37-15-12-35)32-26(31-24)21-2-1-3-23-20(21)4-5-29-23/h1-5,16-17,29,36H,6-15,18H2. The van der Waals surface area contributed by atoms with Gasteiger partial charge in [0.1, 0.15) is 5.52 Å². The normalized spacial score (nSPS) is 17.8. The minimum atomic E-state index is 0.211. The van der Waals surface area contributed by atoms with Gasteiger partial charge in [-0.05, 0) is 23.8 Å². The van der Waals surface area contributed by atoms with Crippen LogP contribution in [0.5, 0.6) is 0 Å². The van der Waals surface area contributed by atoms with Gasteiger partial charge in [-0.3, -0.25) is 9.80 Å². The van der Waals surface area contributed by atoms with Crippen molar-refractivity contribution < 1.29 is 14.3 Å². The lowest BCUT2D eigenvalue weighted by Crippen LogP contribution is -2.46. The van der Waals surface area contributed by atoms with Crippen LogP contribution in [-0.4, -0.2) is 100 Å². The molecule has 196 valence electrons. The molecule has 0 radical (unpaired) electrons. The summed E-state index contributed by atoms with van der Waals surface area (Å²) in [6, 6.07) is 10.4. The average molecular weight is 514 g/mol. The molecule has 7 rings (SSSR count). The molecule has 0 unspecified atom stereocenters. The Morgan fingerprint density at radius 2 is 1.79 bits per heavy atom. The molecule has 0 aliphatic carbocycles. The summed E-state index contributed by atoms with van der Waals surface area (Å²) in [7, 11) is 0. The number of aliphatic hydroxyl groups excluding tert-OH is 1. The van der Waals surface area contributed by atoms with Crippen molar-refractivity contribution in [3.8, 4) is 11.4 Å². The first-order valence-corrected chi connectivity index (χ1v) is 13.3. The number of nitrogens with zero attached hydrogens (tertiary/aromatic N) is 6. The molecule has 1 aromatic carbocycles. The lowest BCUT2D eigenvalue weighted by molar-refractivity contribution is 0.108. The first-order chi connectivity index (χ1) is 18.8. The summed E-state index contributed by atoms with van der Waals surface area (Å²) in [5.74, 6) is 1.47. The highest BCUT2D eigenvalue weighted by Gasteiger charge is 2.24. The van der Waals surface area contributed by atoms with Crippen molar-refractivity contribution in [3.63, 3.8) is 0 Å². The average Bonchev–Trinajstić information content (AvgIpc) is 3.59. The fourth-order valence-corrected chi connectivity index (χ4v) is 5.61. The number of aromatic amines is 1. The summed E-state index contributed by atoms with van der Waals surface area (Å²) >= 11 is 0. The second kappa shape index (κ2) is 9.95. The third-order valence-corrected chi connectivity index (χ3v) is 7.64. The second-order valence-corrected chi connectivity index (χ2v) is 10.0. The van der Waals surface area contributed by atoms with E-state index in [1.165, 1.54) is 0 Å². The van der Waals surface area contributed by atoms with Crippen molar-refractivity contribution in [1.29, 1.82) is 0 Å². The molecule has 2 N–H and O–H groups in total. The molecule has 2 fully saturated rings. The van der Waals surface area contributed by atoms with Crippen LogP contribution in [0, 0.1) is 0 Å². The molecular weight excluding hydrogens is 482 g/mol. The fourth-order valence-electron chi connectivity index (χ4n) is 5.61. The second-order valence-electron chi connectivity index (χ2n) is 10.0. The Bertz CT molecular complexity index is 1580. The SMILES string of the molecule is OCCN1CCN(Cc2cnc3oc4c(N5CCOCC5)nc(-c5cccc6[nH]ccc56)nc4c3c2)CC1. The first kappa shape index (κ1) is 23.5. The largest absolute Gasteiger partial charge is 0.432 e. The van der Waals surface area contributed by atoms with Gasteiger partial charge < -0.3 is 24.1 Å². The van der Waals surface area contributed by atoms with Crippen LogP contribution in [0.2, 0.25) is 0 Å². The number of morpholine rings is 1. The monoisotopic (exact) mass is 513 g/mol. The van der Waals surface area contributed by atoms with Crippen molar-refractivity contribution in [3.05, 3.63) is 48.3 Å². The molecule has 2 saturated heterocycles. The number of aliphatic hydroxyl groups is 1. The van der Waals surface area contributed by atoms with Crippen LogP contribution in [0.4, 0.5) is 5.82 Å². The number of aromatic nitrogens is 4. The quantitative estimate of drug-likeness (QED) is 0.354. The third-order valence-electron chi connectivity index (χ3n) is 7.64. The smallest absolute Gasteiger partial charge is 0.229 e. The van der Waals surface area contributed by atoms with Crippen LogP contribution in [0.3, 0.4) is 0 Å². The van der Waals surface area contributed by atoms with Crippen molar-refractivity contribution in [2.75, 3.05) is 70.5 Å². The van der Waals surface area contributed by atoms with Crippen molar-refractivity contribution in [2.45, 2.75) is 6.54 Å². The van der Waals surface area contributed by atoms with Gasteiger partial charge in [-0.15, -0.1) is 0 Å². The highest BCUT2D eigenvalue weighted by Crippen LogP contribution is 2.36. The van der Waals surface area contributed by atoms with Crippen LogP contribution >= 0.6 is 0 Å². The predicted molar refractivity (Wildman–Crippen MR) is 146 cm³/mol. The number of β-amino-alcohol motifs (C(OH)–C–C–N with tert-alkyl or cyclic N) is 1. The maximum absolute atomic E-state index is 9.23. The maximum Gasteiger partial charge on any atom is 0.229 e. The van der Waals surface area contributed by atoms with E-state index >= 15 is 0 Å². The van der Waals surface area contributed by atoms with E-state index in [1.54, 1.807) is 0 Å². The highest BCUT2D eigenvalue weighted by molar-refractivity contribution is 6.06. The number of furan rings is 1. The first-order valence-electron chi connectivity index (χ1n) is 13.3. The Balaban J connectivity index is 1.31. The van der Waals surface area contributed by atoms with Gasteiger partial charge >= 0.3 is 0 Å². The van der Waals surface area contributed by atoms with E-state index in [0.717, 1.165) is 91.1 Å². The van der Waals surface area contributed by atoms with Crippen LogP contribution in [-0.2, 0) is 11.3 Å². The van der Waals surface area contributed by atoms with Crippen molar-refractivity contribution in [2.24, 2.45) is 0 Å². The Kier molecular flexibility index (Phi) is 6.17. The third kappa shape index (κ3) is 4.29. The van der Waals surface area contributed by atoms with Gasteiger partial charge in [-0.1, -0.05) is 12.1 Å². The van der Waals surface area contributed by atoms with E-state index in [0.29, 0.717) is 30.3 Å². The van der Waals surface area contributed by atoms with Crippen LogP contribution in [0.25, 0.3) is 44.5 Å². The van der Waals surface area contributed by atoms with E-state index in [4.69, 9.17) is 24.1 Å². The molecule has 0 amide bonds. The van der Waals surface area contributed by atoms with E-state index in [9.17, 15) is 5.11 Å². The summed E-state index contributed by atoms with van der Waals surface area (Å²) in [6.45, 7) is 8.45. The number of benzene rings is 1. The molecule has 0 atom stereocenters. The summed E-state index contributed by atoms with van der Waals surface area (Å²) in [4.78, 5) is 25.1. The molecule has 4 aromatic heterocycles. The van der Waals surface area contributed by atoms with Gasteiger partial charge in [0.05, 0.1) is 25.2 Å². The lowest BCUT2D eigenvalue weighted by atomic mass is 10.1. The van der Waals surface area contributed by atoms with Gasteiger partial charge in [0.15, 0.2) is 17.2 Å². The summed E-state index contributed by atoms with van der Waals surface area (Å²) < 4.78 is 11.9. The van der Waals surface area contributed by atoms with Crippen molar-refractivity contribution in [1.82, 2.24) is 29.7 Å². The number of pyridine rings is 1. The van der Waals surface area contributed by atoms with Gasteiger partial charge in [0.25, 0.3) is 0 Å². The molecule has 2 aliphatic rings. The summed E-state index contributed by atoms with van der Waals surface area (Å²) in [5.41, 5.74) is 5.22. The molecule has 0 bridgehead atoms. The van der Waals surface area contributed by atoms with E-state index in [2.05, 4.69) is 43.9 Å². The highest BCUT2D eigenvalue weighted by atomic mass is 16.5. The number of rotatable bonds is 6. The Morgan fingerprint density at radius 1 is 0.947 bits per heavy atom. The lowest BCUT2D eigenvalue weighted by Gasteiger charge is -2.34. The molecule has 0 spiro atoms. The summed E-state index contributed by atoms with van der Waals surface area (Å²) in [6.07, 6.45) is 3.86. The number of fused-ring (bicyclic) bond motifs is 4. The maximum atomic E-state index is 9.23. The predicted octanol–water partition coefficient (Wildman–Crippen LogP) is 2.87. The molecule has 0 saturated carbocycles. The number of nitrogens with one attached hydrogen (secondary N) is 1. The van der Waals surface area contributed by atoms with Crippen LogP contribution in [0.15, 0.2) is 47.1 Å². The van der Waals surface area contributed by atoms with E-state index in [1.807, 2.05) is 18.5 Å². The van der Waals surface area contributed by atoms with E-state index in [-0.39, 0.29) is 6.61 Å². The number of hydrogen-bond acceptors (Lipinski definition) is 9. The van der Waals surface area contributed by atoms with Crippen LogP contribution < -0.4 is 4.90 Å². The zero-order chi connectivity index (χ0) is 25.5. The van der Waals surface area contributed by atoms with Gasteiger partial charge in [-0.25, -0.2) is 15.0 Å². The van der Waals surface area contributed by atoms with Gasteiger partial charge in [0.2, 0.25) is 5.71 Å². The number of hydrogen-bond donors (Lipinski definition) is 2. The number of anilines is 1. The zero-order valence-electron chi connectivity index (χ0n) is 21.3. The minimum absolute atomic E-state index is 0.211. The van der Waals surface area contributed by atoms with Gasteiger partial charge in [-0.2, -0.15) is 0 Å². The zero-order valence-corrected chi connectivity index (χ0v) is 21.3. The Labute approximate surface area is 219 Å². The topological polar surface area (TPSA) is 107 Å². The molecule has 10 heteroatoms. The molecule has 38 heavy (non-hydrogen) atoms. The molecule has 2 aliphatic heterocycles. The van der Waals surface area contributed by atoms with Gasteiger partial charge in [0, 0.05) is 81.2 Å². The molecular formula is C28H31N7O3. The summed E-state index contributed by atoms with van der Waals surface area (Å²) in [5, 5.41) is 11.2.